The molecule has 0 aliphatic heterocycles. The van der Waals surface area contributed by atoms with Crippen LogP contribution in [0.2, 0.25) is 0 Å². The van der Waals surface area contributed by atoms with Crippen LogP contribution < -0.4 is 10.5 Å². The Morgan fingerprint density at radius 3 is 2.95 bits per heavy atom. The lowest BCUT2D eigenvalue weighted by atomic mass is 10.2. The van der Waals surface area contributed by atoms with E-state index in [9.17, 15) is 4.79 Å². The lowest BCUT2D eigenvalue weighted by Crippen LogP contribution is -2.31. The maximum absolute atomic E-state index is 11.1. The number of rotatable bonds is 5. The second-order valence-corrected chi connectivity index (χ2v) is 4.18. The van der Waals surface area contributed by atoms with Crippen molar-refractivity contribution in [2.45, 2.75) is 12.5 Å². The number of fused-ring (bicyclic) bond motifs is 1. The van der Waals surface area contributed by atoms with Gasteiger partial charge in [-0.1, -0.05) is 18.2 Å². The highest BCUT2D eigenvalue weighted by Gasteiger charge is 2.11. The van der Waals surface area contributed by atoms with E-state index in [0.717, 1.165) is 10.9 Å². The molecule has 2 rings (SSSR count). The molecule has 1 aromatic carbocycles. The Kier molecular flexibility index (Phi) is 4.30. The first-order valence-electron chi connectivity index (χ1n) is 5.99. The Morgan fingerprint density at radius 1 is 1.37 bits per heavy atom. The Balaban J connectivity index is 2.04. The molecular weight excluding hydrogens is 244 g/mol. The second kappa shape index (κ2) is 6.15. The van der Waals surface area contributed by atoms with E-state index >= 15 is 0 Å². The number of carbonyl (C=O) groups is 1. The fourth-order valence-electron chi connectivity index (χ4n) is 1.75. The van der Waals surface area contributed by atoms with E-state index in [-0.39, 0.29) is 19.0 Å². The molecule has 0 aliphatic rings. The highest BCUT2D eigenvalue weighted by atomic mass is 16.5. The summed E-state index contributed by atoms with van der Waals surface area (Å²) in [5, 5.41) is 1.00. The van der Waals surface area contributed by atoms with E-state index in [1.54, 1.807) is 6.20 Å². The van der Waals surface area contributed by atoms with Crippen molar-refractivity contribution in [2.24, 2.45) is 5.73 Å². The molecule has 1 heterocycles. The summed E-state index contributed by atoms with van der Waals surface area (Å²) < 4.78 is 10.2. The van der Waals surface area contributed by atoms with E-state index in [4.69, 9.17) is 10.5 Å². The maximum atomic E-state index is 11.1. The van der Waals surface area contributed by atoms with Gasteiger partial charge < -0.3 is 15.2 Å². The average molecular weight is 260 g/mol. The number of carbonyl (C=O) groups excluding carboxylic acids is 1. The minimum atomic E-state index is -0.397. The lowest BCUT2D eigenvalue weighted by Gasteiger charge is -2.13. The van der Waals surface area contributed by atoms with E-state index in [0.29, 0.717) is 5.75 Å². The zero-order valence-corrected chi connectivity index (χ0v) is 10.7. The van der Waals surface area contributed by atoms with Crippen molar-refractivity contribution >= 4 is 16.9 Å². The normalized spacial score (nSPS) is 12.1. The molecule has 2 N–H and O–H groups in total. The first-order valence-corrected chi connectivity index (χ1v) is 5.99. The van der Waals surface area contributed by atoms with Crippen LogP contribution in [0.15, 0.2) is 36.5 Å². The third-order valence-corrected chi connectivity index (χ3v) is 2.71. The maximum Gasteiger partial charge on any atom is 0.307 e. The number of ether oxygens (including phenoxy) is 2. The van der Waals surface area contributed by atoms with Gasteiger partial charge in [-0.2, -0.15) is 0 Å². The predicted octanol–water partition coefficient (Wildman–Crippen LogP) is 1.50. The summed E-state index contributed by atoms with van der Waals surface area (Å²) in [7, 11) is 1.34. The van der Waals surface area contributed by atoms with Crippen molar-refractivity contribution in [3.8, 4) is 5.75 Å². The predicted molar refractivity (Wildman–Crippen MR) is 71.8 cm³/mol. The molecule has 0 amide bonds. The Bertz CT molecular complexity index is 566. The summed E-state index contributed by atoms with van der Waals surface area (Å²) in [6.07, 6.45) is 1.85. The smallest absolute Gasteiger partial charge is 0.307 e. The summed E-state index contributed by atoms with van der Waals surface area (Å²) in [6, 6.07) is 9.12. The van der Waals surface area contributed by atoms with Gasteiger partial charge in [0.25, 0.3) is 0 Å². The van der Waals surface area contributed by atoms with Crippen LogP contribution in [0.5, 0.6) is 5.75 Å². The van der Waals surface area contributed by atoms with E-state index in [1.165, 1.54) is 7.11 Å². The summed E-state index contributed by atoms with van der Waals surface area (Å²) in [6.45, 7) is 0.241. The first-order chi connectivity index (χ1) is 9.20. The molecule has 0 aliphatic carbocycles. The van der Waals surface area contributed by atoms with Gasteiger partial charge >= 0.3 is 5.97 Å². The summed E-state index contributed by atoms with van der Waals surface area (Å²) in [5.41, 5.74) is 6.58. The molecule has 0 bridgehead atoms. The van der Waals surface area contributed by atoms with Gasteiger partial charge in [0, 0.05) is 17.6 Å². The van der Waals surface area contributed by atoms with Gasteiger partial charge in [0.2, 0.25) is 0 Å². The van der Waals surface area contributed by atoms with Gasteiger partial charge in [0.05, 0.1) is 13.5 Å². The summed E-state index contributed by atoms with van der Waals surface area (Å²) >= 11 is 0. The van der Waals surface area contributed by atoms with Crippen LogP contribution >= 0.6 is 0 Å². The highest BCUT2D eigenvalue weighted by Crippen LogP contribution is 2.22. The zero-order chi connectivity index (χ0) is 13.7. The molecule has 5 heteroatoms. The van der Waals surface area contributed by atoms with Gasteiger partial charge in [0.15, 0.2) is 0 Å². The number of nitrogens with zero attached hydrogens (tertiary/aromatic N) is 1. The lowest BCUT2D eigenvalue weighted by molar-refractivity contribution is -0.141. The SMILES string of the molecule is COC(=O)CC(N)COc1cccc2cccnc12. The molecule has 19 heavy (non-hydrogen) atoms. The molecule has 1 unspecified atom stereocenters. The molecule has 5 nitrogen and oxygen atoms in total. The summed E-state index contributed by atoms with van der Waals surface area (Å²) in [5.74, 6) is 0.325. The fourth-order valence-corrected chi connectivity index (χ4v) is 1.75. The molecule has 0 radical (unpaired) electrons. The van der Waals surface area contributed by atoms with Crippen molar-refractivity contribution in [1.29, 1.82) is 0 Å². The number of hydrogen-bond acceptors (Lipinski definition) is 5. The second-order valence-electron chi connectivity index (χ2n) is 4.18. The van der Waals surface area contributed by atoms with Gasteiger partial charge in [-0.05, 0) is 12.1 Å². The molecule has 1 aromatic heterocycles. The number of aromatic nitrogens is 1. The molecule has 0 saturated carbocycles. The third-order valence-electron chi connectivity index (χ3n) is 2.71. The number of para-hydroxylation sites is 1. The largest absolute Gasteiger partial charge is 0.490 e. The fraction of sp³-hybridized carbons (Fsp3) is 0.286. The van der Waals surface area contributed by atoms with Crippen LogP contribution in [0.1, 0.15) is 6.42 Å². The van der Waals surface area contributed by atoms with Crippen molar-refractivity contribution in [2.75, 3.05) is 13.7 Å². The topological polar surface area (TPSA) is 74.4 Å². The standard InChI is InChI=1S/C14H16N2O3/c1-18-13(17)8-11(15)9-19-12-6-2-4-10-5-3-7-16-14(10)12/h2-7,11H,8-9,15H2,1H3. The third kappa shape index (κ3) is 3.42. The molecule has 1 atom stereocenters. The van der Waals surface area contributed by atoms with Crippen LogP contribution in [0.25, 0.3) is 10.9 Å². The quantitative estimate of drug-likeness (QED) is 0.825. The Hall–Kier alpha value is -2.14. The average Bonchev–Trinajstić information content (AvgIpc) is 2.44. The van der Waals surface area contributed by atoms with Gasteiger partial charge in [0.1, 0.15) is 17.9 Å². The molecule has 0 spiro atoms. The number of hydrogen-bond donors (Lipinski definition) is 1. The molecule has 2 aromatic rings. The Labute approximate surface area is 111 Å². The Morgan fingerprint density at radius 2 is 2.16 bits per heavy atom. The van der Waals surface area contributed by atoms with E-state index < -0.39 is 6.04 Å². The van der Waals surface area contributed by atoms with Crippen molar-refractivity contribution in [3.63, 3.8) is 0 Å². The van der Waals surface area contributed by atoms with Crippen LogP contribution in [0, 0.1) is 0 Å². The molecule has 100 valence electrons. The van der Waals surface area contributed by atoms with Crippen molar-refractivity contribution in [1.82, 2.24) is 4.98 Å². The van der Waals surface area contributed by atoms with Crippen molar-refractivity contribution in [3.05, 3.63) is 36.5 Å². The molecular formula is C14H16N2O3. The minimum Gasteiger partial charge on any atom is -0.490 e. The van der Waals surface area contributed by atoms with Crippen molar-refractivity contribution < 1.29 is 14.3 Å². The van der Waals surface area contributed by atoms with Crippen LogP contribution in [0.3, 0.4) is 0 Å². The first kappa shape index (κ1) is 13.3. The number of esters is 1. The van der Waals surface area contributed by atoms with E-state index in [2.05, 4.69) is 9.72 Å². The summed E-state index contributed by atoms with van der Waals surface area (Å²) in [4.78, 5) is 15.4. The monoisotopic (exact) mass is 260 g/mol. The van der Waals surface area contributed by atoms with E-state index in [1.807, 2.05) is 30.3 Å². The number of benzene rings is 1. The van der Waals surface area contributed by atoms with Crippen LogP contribution in [-0.4, -0.2) is 30.7 Å². The zero-order valence-electron chi connectivity index (χ0n) is 10.7. The number of pyridine rings is 1. The molecule has 0 saturated heterocycles. The van der Waals surface area contributed by atoms with Crippen LogP contribution in [-0.2, 0) is 9.53 Å². The number of methoxy groups -OCH3 is 1. The van der Waals surface area contributed by atoms with Crippen LogP contribution in [0.4, 0.5) is 0 Å². The van der Waals surface area contributed by atoms with Gasteiger partial charge in [-0.15, -0.1) is 0 Å². The molecule has 0 fully saturated rings. The van der Waals surface area contributed by atoms with Gasteiger partial charge in [-0.3, -0.25) is 9.78 Å². The minimum absolute atomic E-state index is 0.134. The van der Waals surface area contributed by atoms with Gasteiger partial charge in [-0.25, -0.2) is 0 Å². The number of nitrogens with two attached hydrogens (primary N) is 1. The highest BCUT2D eigenvalue weighted by molar-refractivity contribution is 5.84.